The number of piperazine rings is 1. The summed E-state index contributed by atoms with van der Waals surface area (Å²) in [4.78, 5) is 40.8. The zero-order valence-corrected chi connectivity index (χ0v) is 17.5. The summed E-state index contributed by atoms with van der Waals surface area (Å²) in [6.07, 6.45) is 3.70. The number of benzene rings is 2. The highest BCUT2D eigenvalue weighted by atomic mass is 35.5. The van der Waals surface area contributed by atoms with Crippen molar-refractivity contribution in [1.82, 2.24) is 4.90 Å². The molecule has 7 heteroatoms. The van der Waals surface area contributed by atoms with E-state index in [1.807, 2.05) is 18.2 Å². The van der Waals surface area contributed by atoms with E-state index >= 15 is 0 Å². The topological polar surface area (TPSA) is 66.9 Å². The van der Waals surface area contributed by atoms with Crippen molar-refractivity contribution in [3.05, 3.63) is 64.2 Å². The van der Waals surface area contributed by atoms with E-state index in [9.17, 15) is 14.4 Å². The first-order valence-electron chi connectivity index (χ1n) is 10.0. The Bertz CT molecular complexity index is 989. The number of hydrogen-bond acceptors (Lipinski definition) is 4. The third-order valence-corrected chi connectivity index (χ3v) is 6.22. The van der Waals surface area contributed by atoms with Crippen LogP contribution in [0.25, 0.3) is 0 Å². The predicted octanol–water partition coefficient (Wildman–Crippen LogP) is 3.77. The first kappa shape index (κ1) is 20.4. The molecule has 2 aliphatic rings. The molecule has 1 unspecified atom stereocenters. The third kappa shape index (κ3) is 3.79. The molecule has 6 nitrogen and oxygen atoms in total. The van der Waals surface area contributed by atoms with Gasteiger partial charge in [-0.05, 0) is 60.7 Å². The average molecular weight is 427 g/mol. The Morgan fingerprint density at radius 3 is 2.53 bits per heavy atom. The van der Waals surface area contributed by atoms with E-state index in [-0.39, 0.29) is 30.9 Å². The molecule has 4 rings (SSSR count). The number of fused-ring (bicyclic) bond motifs is 1. The van der Waals surface area contributed by atoms with E-state index < -0.39 is 5.97 Å². The van der Waals surface area contributed by atoms with Crippen LogP contribution in [-0.4, -0.2) is 42.9 Å². The maximum absolute atomic E-state index is 13.1. The fraction of sp³-hybridized carbons (Fsp3) is 0.348. The summed E-state index contributed by atoms with van der Waals surface area (Å²) < 4.78 is 4.70. The number of carbonyl (C=O) groups is 3. The van der Waals surface area contributed by atoms with Crippen molar-refractivity contribution >= 4 is 35.1 Å². The molecule has 0 radical (unpaired) electrons. The van der Waals surface area contributed by atoms with Gasteiger partial charge in [0.25, 0.3) is 0 Å². The van der Waals surface area contributed by atoms with Crippen molar-refractivity contribution in [2.45, 2.75) is 31.7 Å². The Kier molecular flexibility index (Phi) is 5.77. The van der Waals surface area contributed by atoms with Crippen molar-refractivity contribution in [2.24, 2.45) is 0 Å². The summed E-state index contributed by atoms with van der Waals surface area (Å²) in [6.45, 7) is -0.00297. The number of hydrogen-bond donors (Lipinski definition) is 0. The summed E-state index contributed by atoms with van der Waals surface area (Å²) in [5.41, 5.74) is 3.12. The van der Waals surface area contributed by atoms with Crippen molar-refractivity contribution < 1.29 is 19.1 Å². The van der Waals surface area contributed by atoms with Crippen LogP contribution in [0.5, 0.6) is 0 Å². The number of anilines is 1. The molecule has 0 aromatic heterocycles. The van der Waals surface area contributed by atoms with Gasteiger partial charge in [0.05, 0.1) is 18.7 Å². The molecule has 1 heterocycles. The summed E-state index contributed by atoms with van der Waals surface area (Å²) in [5, 5.41) is 0.725. The van der Waals surface area contributed by atoms with Gasteiger partial charge in [-0.3, -0.25) is 9.59 Å². The number of carbonyl (C=O) groups excluding carboxylic acids is 3. The van der Waals surface area contributed by atoms with E-state index in [0.717, 1.165) is 41.8 Å². The van der Waals surface area contributed by atoms with Crippen LogP contribution < -0.4 is 4.90 Å². The van der Waals surface area contributed by atoms with Crippen LogP contribution in [0.2, 0.25) is 5.02 Å². The van der Waals surface area contributed by atoms with Crippen molar-refractivity contribution in [2.75, 3.05) is 25.1 Å². The van der Waals surface area contributed by atoms with Crippen LogP contribution in [0.3, 0.4) is 0 Å². The van der Waals surface area contributed by atoms with Gasteiger partial charge in [0.2, 0.25) is 11.8 Å². The maximum Gasteiger partial charge on any atom is 0.337 e. The number of halogens is 1. The minimum atomic E-state index is -0.445. The van der Waals surface area contributed by atoms with Gasteiger partial charge < -0.3 is 14.5 Å². The highest BCUT2D eigenvalue weighted by molar-refractivity contribution is 6.31. The lowest BCUT2D eigenvalue weighted by Gasteiger charge is -2.39. The summed E-state index contributed by atoms with van der Waals surface area (Å²) in [7, 11) is 1.32. The molecule has 0 bridgehead atoms. The van der Waals surface area contributed by atoms with Gasteiger partial charge in [0, 0.05) is 10.7 Å². The summed E-state index contributed by atoms with van der Waals surface area (Å²) in [5.74, 6) is -0.683. The average Bonchev–Trinajstić information content (AvgIpc) is 2.98. The molecule has 2 aromatic carbocycles. The Labute approximate surface area is 180 Å². The highest BCUT2D eigenvalue weighted by Crippen LogP contribution is 2.37. The lowest BCUT2D eigenvalue weighted by molar-refractivity contribution is -0.141. The van der Waals surface area contributed by atoms with Crippen LogP contribution in [-0.2, 0) is 20.7 Å². The minimum Gasteiger partial charge on any atom is -0.465 e. The quantitative estimate of drug-likeness (QED) is 0.553. The summed E-state index contributed by atoms with van der Waals surface area (Å²) >= 11 is 6.42. The van der Waals surface area contributed by atoms with Gasteiger partial charge in [-0.1, -0.05) is 30.2 Å². The lowest BCUT2D eigenvalue weighted by Crippen LogP contribution is -2.55. The van der Waals surface area contributed by atoms with E-state index in [1.165, 1.54) is 12.0 Å². The van der Waals surface area contributed by atoms with Crippen LogP contribution >= 0.6 is 11.6 Å². The molecule has 1 aliphatic carbocycles. The molecule has 156 valence electrons. The second-order valence-electron chi connectivity index (χ2n) is 7.61. The smallest absolute Gasteiger partial charge is 0.337 e. The molecule has 0 N–H and O–H groups in total. The molecule has 1 saturated heterocycles. The van der Waals surface area contributed by atoms with Crippen LogP contribution in [0.4, 0.5) is 5.69 Å². The van der Waals surface area contributed by atoms with Crippen LogP contribution in [0, 0.1) is 0 Å². The van der Waals surface area contributed by atoms with Crippen LogP contribution in [0.15, 0.2) is 42.5 Å². The number of ether oxygens (including phenoxy) is 1. The predicted molar refractivity (Wildman–Crippen MR) is 114 cm³/mol. The van der Waals surface area contributed by atoms with Gasteiger partial charge in [-0.2, -0.15) is 0 Å². The zero-order chi connectivity index (χ0) is 21.3. The number of amides is 2. The maximum atomic E-state index is 13.1. The summed E-state index contributed by atoms with van der Waals surface area (Å²) in [6, 6.07) is 12.2. The zero-order valence-electron chi connectivity index (χ0n) is 16.8. The number of methoxy groups -OCH3 is 1. The highest BCUT2D eigenvalue weighted by Gasteiger charge is 2.37. The molecule has 0 saturated carbocycles. The van der Waals surface area contributed by atoms with Gasteiger partial charge in [0.15, 0.2) is 0 Å². The second-order valence-corrected chi connectivity index (χ2v) is 8.02. The number of nitrogens with zero attached hydrogens (tertiary/aromatic N) is 2. The third-order valence-electron chi connectivity index (χ3n) is 5.87. The number of rotatable bonds is 3. The monoisotopic (exact) mass is 426 g/mol. The molecule has 2 amide bonds. The lowest BCUT2D eigenvalue weighted by atomic mass is 9.97. The normalized spacial score (nSPS) is 19.3. The van der Waals surface area contributed by atoms with Crippen molar-refractivity contribution in [3.63, 3.8) is 0 Å². The largest absolute Gasteiger partial charge is 0.465 e. The number of esters is 1. The Hall–Kier alpha value is -2.86. The minimum absolute atomic E-state index is 0.0220. The first-order chi connectivity index (χ1) is 14.5. The standard InChI is InChI=1S/C23H23ClN2O4/c1-30-23(29)15-9-11-16(12-10-15)25-13-22(28)26(14-21(25)27)20-8-3-2-5-17-18(20)6-4-7-19(17)24/h4,6-7,9-12,20H,2-3,5,8,13-14H2,1H3. The fourth-order valence-electron chi connectivity index (χ4n) is 4.32. The molecule has 1 aliphatic heterocycles. The molecular formula is C23H23ClN2O4. The van der Waals surface area contributed by atoms with Crippen molar-refractivity contribution in [3.8, 4) is 0 Å². The molecule has 1 atom stereocenters. The van der Waals surface area contributed by atoms with E-state index in [2.05, 4.69) is 0 Å². The van der Waals surface area contributed by atoms with Gasteiger partial charge in [-0.25, -0.2) is 4.79 Å². The molecule has 0 spiro atoms. The molecule has 30 heavy (non-hydrogen) atoms. The SMILES string of the molecule is COC(=O)c1ccc(N2CC(=O)N(C3CCCCc4c(Cl)cccc43)CC2=O)cc1. The second kappa shape index (κ2) is 8.48. The Morgan fingerprint density at radius 1 is 1.03 bits per heavy atom. The Balaban J connectivity index is 1.56. The van der Waals surface area contributed by atoms with E-state index in [0.29, 0.717) is 11.3 Å². The van der Waals surface area contributed by atoms with E-state index in [4.69, 9.17) is 16.3 Å². The van der Waals surface area contributed by atoms with E-state index in [1.54, 1.807) is 29.2 Å². The molecule has 2 aromatic rings. The van der Waals surface area contributed by atoms with Gasteiger partial charge >= 0.3 is 5.97 Å². The Morgan fingerprint density at radius 2 is 1.80 bits per heavy atom. The molecular weight excluding hydrogens is 404 g/mol. The molecule has 1 fully saturated rings. The van der Waals surface area contributed by atoms with Crippen molar-refractivity contribution in [1.29, 1.82) is 0 Å². The van der Waals surface area contributed by atoms with Gasteiger partial charge in [-0.15, -0.1) is 0 Å². The van der Waals surface area contributed by atoms with Crippen LogP contribution in [0.1, 0.15) is 46.8 Å². The first-order valence-corrected chi connectivity index (χ1v) is 10.4. The van der Waals surface area contributed by atoms with Gasteiger partial charge in [0.1, 0.15) is 13.1 Å². The fourth-order valence-corrected chi connectivity index (χ4v) is 4.59.